The minimum atomic E-state index is -1.09. The van der Waals surface area contributed by atoms with Crippen molar-refractivity contribution in [2.75, 3.05) is 11.9 Å². The molecule has 2 rings (SSSR count). The Hall–Kier alpha value is -2.85. The fourth-order valence-corrected chi connectivity index (χ4v) is 2.48. The van der Waals surface area contributed by atoms with Crippen LogP contribution in [-0.4, -0.2) is 28.4 Å². The second kappa shape index (κ2) is 7.62. The second-order valence-electron chi connectivity index (χ2n) is 4.62. The summed E-state index contributed by atoms with van der Waals surface area (Å²) in [7, 11) is 0. The Morgan fingerprint density at radius 1 is 1.33 bits per heavy atom. The zero-order chi connectivity index (χ0) is 17.7. The molecule has 8 nitrogen and oxygen atoms in total. The van der Waals surface area contributed by atoms with Gasteiger partial charge in [-0.1, -0.05) is 6.07 Å². The van der Waals surface area contributed by atoms with Crippen LogP contribution in [0.25, 0.3) is 0 Å². The molecule has 24 heavy (non-hydrogen) atoms. The number of benzene rings is 1. The maximum absolute atomic E-state index is 13.2. The first kappa shape index (κ1) is 17.5. The van der Waals surface area contributed by atoms with Crippen molar-refractivity contribution in [3.63, 3.8) is 0 Å². The number of anilines is 1. The molecular formula is C14H12FN3O5S. The number of hydrogen-bond donors (Lipinski definition) is 3. The average molecular weight is 353 g/mol. The van der Waals surface area contributed by atoms with E-state index in [4.69, 9.17) is 0 Å². The number of nitro groups is 1. The molecule has 1 atom stereocenters. The van der Waals surface area contributed by atoms with Crippen LogP contribution in [0, 0.1) is 15.9 Å². The van der Waals surface area contributed by atoms with Gasteiger partial charge in [-0.05, 0) is 23.6 Å². The molecule has 1 aromatic heterocycles. The van der Waals surface area contributed by atoms with Crippen LogP contribution in [0.1, 0.15) is 11.0 Å². The molecule has 0 radical (unpaired) electrons. The number of rotatable bonds is 5. The minimum absolute atomic E-state index is 0.0953. The van der Waals surface area contributed by atoms with Gasteiger partial charge in [0, 0.05) is 23.2 Å². The first-order valence-corrected chi connectivity index (χ1v) is 7.51. The lowest BCUT2D eigenvalue weighted by Gasteiger charge is -2.10. The Morgan fingerprint density at radius 3 is 2.71 bits per heavy atom. The highest BCUT2D eigenvalue weighted by molar-refractivity contribution is 7.10. The van der Waals surface area contributed by atoms with Gasteiger partial charge in [-0.15, -0.1) is 11.3 Å². The molecule has 0 aliphatic rings. The van der Waals surface area contributed by atoms with Crippen LogP contribution in [0.4, 0.5) is 15.8 Å². The topological polar surface area (TPSA) is 122 Å². The number of aliphatic hydroxyl groups is 1. The van der Waals surface area contributed by atoms with Gasteiger partial charge in [0.2, 0.25) is 5.82 Å². The standard InChI is InChI=1S/C14H12FN3O5S/c15-9-4-3-8(6-10(9)18(22)23)17-14(21)13(20)16-7-11(19)12-2-1-5-24-12/h1-6,11,19H,7H2,(H,16,20)(H,17,21). The van der Waals surface area contributed by atoms with Gasteiger partial charge in [-0.3, -0.25) is 19.7 Å². The molecule has 0 saturated carbocycles. The fraction of sp³-hybridized carbons (Fsp3) is 0.143. The summed E-state index contributed by atoms with van der Waals surface area (Å²) in [5, 5.41) is 26.6. The second-order valence-corrected chi connectivity index (χ2v) is 5.60. The van der Waals surface area contributed by atoms with E-state index < -0.39 is 34.3 Å². The Bertz CT molecular complexity index is 766. The summed E-state index contributed by atoms with van der Waals surface area (Å²) < 4.78 is 13.2. The zero-order valence-electron chi connectivity index (χ0n) is 12.1. The Morgan fingerprint density at radius 2 is 2.08 bits per heavy atom. The summed E-state index contributed by atoms with van der Waals surface area (Å²) in [6.45, 7) is -0.170. The van der Waals surface area contributed by atoms with E-state index in [1.807, 2.05) is 0 Å². The first-order valence-electron chi connectivity index (χ1n) is 6.63. The number of aliphatic hydroxyl groups excluding tert-OH is 1. The summed E-state index contributed by atoms with van der Waals surface area (Å²) in [5.74, 6) is -3.17. The molecule has 0 bridgehead atoms. The number of carbonyl (C=O) groups excluding carboxylic acids is 2. The maximum Gasteiger partial charge on any atom is 0.313 e. The van der Waals surface area contributed by atoms with Gasteiger partial charge >= 0.3 is 17.5 Å². The maximum atomic E-state index is 13.2. The lowest BCUT2D eigenvalue weighted by Crippen LogP contribution is -2.37. The largest absolute Gasteiger partial charge is 0.386 e. The van der Waals surface area contributed by atoms with Gasteiger partial charge in [0.25, 0.3) is 0 Å². The van der Waals surface area contributed by atoms with Crippen LogP contribution < -0.4 is 10.6 Å². The number of nitrogens with one attached hydrogen (secondary N) is 2. The Balaban J connectivity index is 1.93. The smallest absolute Gasteiger partial charge is 0.313 e. The molecular weight excluding hydrogens is 341 g/mol. The average Bonchev–Trinajstić information content (AvgIpc) is 3.08. The fourth-order valence-electron chi connectivity index (χ4n) is 1.77. The molecule has 2 aromatic rings. The third-order valence-corrected chi connectivity index (χ3v) is 3.91. The normalized spacial score (nSPS) is 11.6. The highest BCUT2D eigenvalue weighted by Gasteiger charge is 2.19. The molecule has 0 spiro atoms. The Labute approximate surface area is 139 Å². The minimum Gasteiger partial charge on any atom is -0.386 e. The van der Waals surface area contributed by atoms with Gasteiger partial charge in [-0.25, -0.2) is 0 Å². The van der Waals surface area contributed by atoms with Crippen LogP contribution in [0.15, 0.2) is 35.7 Å². The van der Waals surface area contributed by atoms with Gasteiger partial charge in [0.05, 0.1) is 4.92 Å². The van der Waals surface area contributed by atoms with Crippen molar-refractivity contribution in [1.82, 2.24) is 5.32 Å². The summed E-state index contributed by atoms with van der Waals surface area (Å²) in [6.07, 6.45) is -0.950. The summed E-state index contributed by atoms with van der Waals surface area (Å²) >= 11 is 1.30. The molecule has 10 heteroatoms. The molecule has 0 saturated heterocycles. The molecule has 0 aliphatic carbocycles. The summed E-state index contributed by atoms with van der Waals surface area (Å²) in [5.41, 5.74) is -0.914. The highest BCUT2D eigenvalue weighted by atomic mass is 32.1. The molecule has 126 valence electrons. The van der Waals surface area contributed by atoms with E-state index >= 15 is 0 Å². The van der Waals surface area contributed by atoms with Crippen molar-refractivity contribution in [2.24, 2.45) is 0 Å². The number of nitro benzene ring substituents is 1. The summed E-state index contributed by atoms with van der Waals surface area (Å²) in [4.78, 5) is 33.7. The van der Waals surface area contributed by atoms with E-state index in [-0.39, 0.29) is 12.2 Å². The molecule has 1 unspecified atom stereocenters. The van der Waals surface area contributed by atoms with Gasteiger partial charge < -0.3 is 15.7 Å². The number of nitrogens with zero attached hydrogens (tertiary/aromatic N) is 1. The van der Waals surface area contributed by atoms with Crippen molar-refractivity contribution in [2.45, 2.75) is 6.10 Å². The van der Waals surface area contributed by atoms with Gasteiger partial charge in [0.1, 0.15) is 6.10 Å². The highest BCUT2D eigenvalue weighted by Crippen LogP contribution is 2.21. The first-order chi connectivity index (χ1) is 11.4. The van der Waals surface area contributed by atoms with Crippen LogP contribution in [0.5, 0.6) is 0 Å². The quantitative estimate of drug-likeness (QED) is 0.428. The van der Waals surface area contributed by atoms with Crippen molar-refractivity contribution < 1.29 is 24.0 Å². The monoisotopic (exact) mass is 353 g/mol. The van der Waals surface area contributed by atoms with E-state index in [9.17, 15) is 29.2 Å². The van der Waals surface area contributed by atoms with Crippen LogP contribution in [0.2, 0.25) is 0 Å². The van der Waals surface area contributed by atoms with E-state index in [0.29, 0.717) is 4.88 Å². The van der Waals surface area contributed by atoms with Crippen LogP contribution in [-0.2, 0) is 9.59 Å². The molecule has 3 N–H and O–H groups in total. The number of carbonyl (C=O) groups is 2. The number of halogens is 1. The van der Waals surface area contributed by atoms with E-state index in [1.54, 1.807) is 17.5 Å². The van der Waals surface area contributed by atoms with Crippen LogP contribution >= 0.6 is 11.3 Å². The van der Waals surface area contributed by atoms with Gasteiger partial charge in [-0.2, -0.15) is 4.39 Å². The van der Waals surface area contributed by atoms with Crippen molar-refractivity contribution >= 4 is 34.5 Å². The van der Waals surface area contributed by atoms with Crippen LogP contribution in [0.3, 0.4) is 0 Å². The molecule has 0 fully saturated rings. The lowest BCUT2D eigenvalue weighted by atomic mass is 10.2. The predicted octanol–water partition coefficient (Wildman–Crippen LogP) is 1.58. The number of hydrogen-bond acceptors (Lipinski definition) is 6. The van der Waals surface area contributed by atoms with Crippen molar-refractivity contribution in [1.29, 1.82) is 0 Å². The third kappa shape index (κ3) is 4.33. The van der Waals surface area contributed by atoms with Gasteiger partial charge in [0.15, 0.2) is 0 Å². The molecule has 0 aliphatic heterocycles. The third-order valence-electron chi connectivity index (χ3n) is 2.93. The van der Waals surface area contributed by atoms with E-state index in [0.717, 1.165) is 18.2 Å². The lowest BCUT2D eigenvalue weighted by molar-refractivity contribution is -0.387. The number of thiophene rings is 1. The molecule has 2 amide bonds. The predicted molar refractivity (Wildman–Crippen MR) is 84.0 cm³/mol. The molecule has 1 aromatic carbocycles. The van der Waals surface area contributed by atoms with Crippen molar-refractivity contribution in [3.05, 3.63) is 56.5 Å². The summed E-state index contributed by atoms with van der Waals surface area (Å²) in [6, 6.07) is 6.12. The zero-order valence-corrected chi connectivity index (χ0v) is 12.9. The molecule has 1 heterocycles. The number of amides is 2. The SMILES string of the molecule is O=C(NCC(O)c1cccs1)C(=O)Nc1ccc(F)c([N+](=O)[O-])c1. The van der Waals surface area contributed by atoms with E-state index in [1.165, 1.54) is 11.3 Å². The van der Waals surface area contributed by atoms with Crippen molar-refractivity contribution in [3.8, 4) is 0 Å². The Kier molecular flexibility index (Phi) is 5.55. The van der Waals surface area contributed by atoms with E-state index in [2.05, 4.69) is 10.6 Å².